The molecule has 7 nitrogen and oxygen atoms in total. The van der Waals surface area contributed by atoms with Crippen molar-refractivity contribution < 1.29 is 9.47 Å². The molecule has 1 aromatic heterocycles. The van der Waals surface area contributed by atoms with Gasteiger partial charge in [-0.2, -0.15) is 5.10 Å². The minimum Gasteiger partial charge on any atom is -0.489 e. The summed E-state index contributed by atoms with van der Waals surface area (Å²) in [6.45, 7) is 7.62. The van der Waals surface area contributed by atoms with Gasteiger partial charge in [0.15, 0.2) is 17.5 Å². The second kappa shape index (κ2) is 9.68. The highest BCUT2D eigenvalue weighted by molar-refractivity contribution is 6.32. The zero-order valence-corrected chi connectivity index (χ0v) is 17.5. The molecule has 0 amide bonds. The molecule has 8 heteroatoms. The standard InChI is InChI=1S/C20H28ClN5O2/c1-14-10-15(2)26(25-14)7-4-6-23-20(22-3)24-13-16-11-17(21)19-18(12-16)27-8-5-9-28-19/h10-12H,4-9,13H2,1-3H3,(H2,22,23,24). The molecule has 1 aliphatic heterocycles. The Morgan fingerprint density at radius 1 is 1.21 bits per heavy atom. The Morgan fingerprint density at radius 2 is 2.04 bits per heavy atom. The van der Waals surface area contributed by atoms with Gasteiger partial charge in [0, 0.05) is 38.8 Å². The van der Waals surface area contributed by atoms with Crippen LogP contribution in [-0.2, 0) is 13.1 Å². The summed E-state index contributed by atoms with van der Waals surface area (Å²) < 4.78 is 13.5. The van der Waals surface area contributed by atoms with Gasteiger partial charge in [0.25, 0.3) is 0 Å². The number of aromatic nitrogens is 2. The number of nitrogens with zero attached hydrogens (tertiary/aromatic N) is 3. The van der Waals surface area contributed by atoms with Crippen LogP contribution in [0.4, 0.5) is 0 Å². The third-order valence-electron chi connectivity index (χ3n) is 4.49. The minimum atomic E-state index is 0.573. The van der Waals surface area contributed by atoms with Crippen molar-refractivity contribution in [3.63, 3.8) is 0 Å². The average molecular weight is 406 g/mol. The number of rotatable bonds is 6. The molecule has 0 unspecified atom stereocenters. The van der Waals surface area contributed by atoms with Crippen LogP contribution in [0.25, 0.3) is 0 Å². The quantitative estimate of drug-likeness (QED) is 0.439. The van der Waals surface area contributed by atoms with E-state index >= 15 is 0 Å². The fourth-order valence-electron chi connectivity index (χ4n) is 3.13. The molecule has 2 heterocycles. The lowest BCUT2D eigenvalue weighted by molar-refractivity contribution is 0.297. The summed E-state index contributed by atoms with van der Waals surface area (Å²) in [4.78, 5) is 4.28. The second-order valence-corrected chi connectivity index (χ2v) is 7.22. The Hall–Kier alpha value is -2.41. The molecule has 28 heavy (non-hydrogen) atoms. The van der Waals surface area contributed by atoms with Crippen LogP contribution in [0.15, 0.2) is 23.2 Å². The SMILES string of the molecule is CN=C(NCCCn1nc(C)cc1C)NCc1cc(Cl)c2c(c1)OCCCO2. The maximum atomic E-state index is 6.36. The van der Waals surface area contributed by atoms with Crippen molar-refractivity contribution in [1.82, 2.24) is 20.4 Å². The Bertz CT molecular complexity index is 834. The molecule has 2 N–H and O–H groups in total. The van der Waals surface area contributed by atoms with E-state index in [1.807, 2.05) is 23.7 Å². The Balaban J connectivity index is 1.48. The molecule has 152 valence electrons. The average Bonchev–Trinajstić information content (AvgIpc) is 2.85. The maximum Gasteiger partial charge on any atom is 0.191 e. The smallest absolute Gasteiger partial charge is 0.191 e. The molecule has 0 radical (unpaired) electrons. The van der Waals surface area contributed by atoms with Crippen LogP contribution >= 0.6 is 11.6 Å². The molecule has 0 spiro atoms. The third-order valence-corrected chi connectivity index (χ3v) is 4.77. The molecule has 0 bridgehead atoms. The maximum absolute atomic E-state index is 6.36. The Morgan fingerprint density at radius 3 is 2.79 bits per heavy atom. The summed E-state index contributed by atoms with van der Waals surface area (Å²) in [5, 5.41) is 11.7. The van der Waals surface area contributed by atoms with Gasteiger partial charge in [0.2, 0.25) is 0 Å². The summed E-state index contributed by atoms with van der Waals surface area (Å²) in [5.74, 6) is 2.08. The first-order valence-electron chi connectivity index (χ1n) is 9.60. The summed E-state index contributed by atoms with van der Waals surface area (Å²) in [6, 6.07) is 5.96. The van der Waals surface area contributed by atoms with Gasteiger partial charge in [0.1, 0.15) is 0 Å². The molecule has 2 aromatic rings. The number of aliphatic imine (C=N–C) groups is 1. The van der Waals surface area contributed by atoms with Crippen molar-refractivity contribution in [2.24, 2.45) is 4.99 Å². The lowest BCUT2D eigenvalue weighted by Gasteiger charge is -2.14. The lowest BCUT2D eigenvalue weighted by Crippen LogP contribution is -2.37. The lowest BCUT2D eigenvalue weighted by atomic mass is 10.2. The van der Waals surface area contributed by atoms with Crippen molar-refractivity contribution in [2.45, 2.75) is 39.8 Å². The molecule has 0 aliphatic carbocycles. The van der Waals surface area contributed by atoms with E-state index in [4.69, 9.17) is 21.1 Å². The predicted octanol–water partition coefficient (Wildman–Crippen LogP) is 3.07. The monoisotopic (exact) mass is 405 g/mol. The van der Waals surface area contributed by atoms with Crippen LogP contribution in [0.3, 0.4) is 0 Å². The fourth-order valence-corrected chi connectivity index (χ4v) is 3.42. The van der Waals surface area contributed by atoms with E-state index < -0.39 is 0 Å². The van der Waals surface area contributed by atoms with Gasteiger partial charge < -0.3 is 20.1 Å². The predicted molar refractivity (Wildman–Crippen MR) is 112 cm³/mol. The molecule has 1 aromatic carbocycles. The zero-order valence-electron chi connectivity index (χ0n) is 16.7. The van der Waals surface area contributed by atoms with E-state index in [2.05, 4.69) is 33.7 Å². The first-order chi connectivity index (χ1) is 13.6. The van der Waals surface area contributed by atoms with Gasteiger partial charge in [-0.05, 0) is 44.0 Å². The van der Waals surface area contributed by atoms with Crippen LogP contribution in [0.1, 0.15) is 29.8 Å². The summed E-state index contributed by atoms with van der Waals surface area (Å²) in [6.07, 6.45) is 1.81. The van der Waals surface area contributed by atoms with Gasteiger partial charge in [0.05, 0.1) is 23.9 Å². The minimum absolute atomic E-state index is 0.573. The molecular weight excluding hydrogens is 378 g/mol. The van der Waals surface area contributed by atoms with Crippen LogP contribution in [0.5, 0.6) is 11.5 Å². The van der Waals surface area contributed by atoms with Crippen molar-refractivity contribution in [3.8, 4) is 11.5 Å². The van der Waals surface area contributed by atoms with Crippen molar-refractivity contribution in [3.05, 3.63) is 40.2 Å². The first kappa shape index (κ1) is 20.3. The highest BCUT2D eigenvalue weighted by atomic mass is 35.5. The second-order valence-electron chi connectivity index (χ2n) is 6.81. The Kier molecular flexibility index (Phi) is 7.03. The molecular formula is C20H28ClN5O2. The van der Waals surface area contributed by atoms with Gasteiger partial charge >= 0.3 is 0 Å². The normalized spacial score (nSPS) is 13.9. The number of aryl methyl sites for hydroxylation is 3. The zero-order chi connectivity index (χ0) is 19.9. The highest BCUT2D eigenvalue weighted by Gasteiger charge is 2.15. The number of benzene rings is 1. The van der Waals surface area contributed by atoms with E-state index in [0.29, 0.717) is 36.3 Å². The summed E-state index contributed by atoms with van der Waals surface area (Å²) in [5.41, 5.74) is 3.25. The molecule has 1 aliphatic rings. The fraction of sp³-hybridized carbons (Fsp3) is 0.500. The number of guanidine groups is 1. The molecule has 0 atom stereocenters. The number of hydrogen-bond donors (Lipinski definition) is 2. The summed E-state index contributed by atoms with van der Waals surface area (Å²) >= 11 is 6.36. The van der Waals surface area contributed by atoms with Gasteiger partial charge in [-0.3, -0.25) is 9.67 Å². The number of hydrogen-bond acceptors (Lipinski definition) is 4. The molecule has 3 rings (SSSR count). The number of ether oxygens (including phenoxy) is 2. The number of halogens is 1. The van der Waals surface area contributed by atoms with Crippen LogP contribution in [0, 0.1) is 13.8 Å². The summed E-state index contributed by atoms with van der Waals surface area (Å²) in [7, 11) is 1.76. The third kappa shape index (κ3) is 5.32. The topological polar surface area (TPSA) is 72.7 Å². The van der Waals surface area contributed by atoms with E-state index in [9.17, 15) is 0 Å². The number of nitrogens with one attached hydrogen (secondary N) is 2. The van der Waals surface area contributed by atoms with E-state index in [1.54, 1.807) is 7.05 Å². The van der Waals surface area contributed by atoms with Crippen LogP contribution in [-0.4, -0.2) is 42.5 Å². The Labute approximate surface area is 171 Å². The van der Waals surface area contributed by atoms with E-state index in [-0.39, 0.29) is 0 Å². The van der Waals surface area contributed by atoms with E-state index in [1.165, 1.54) is 5.69 Å². The van der Waals surface area contributed by atoms with Crippen LogP contribution < -0.4 is 20.1 Å². The molecule has 0 saturated carbocycles. The molecule has 0 saturated heterocycles. The van der Waals surface area contributed by atoms with Gasteiger partial charge in [-0.25, -0.2) is 0 Å². The largest absolute Gasteiger partial charge is 0.489 e. The van der Waals surface area contributed by atoms with Crippen molar-refractivity contribution in [1.29, 1.82) is 0 Å². The van der Waals surface area contributed by atoms with Gasteiger partial charge in [-0.1, -0.05) is 11.6 Å². The first-order valence-corrected chi connectivity index (χ1v) is 9.98. The van der Waals surface area contributed by atoms with Crippen molar-refractivity contribution in [2.75, 3.05) is 26.8 Å². The van der Waals surface area contributed by atoms with Gasteiger partial charge in [-0.15, -0.1) is 0 Å². The van der Waals surface area contributed by atoms with Crippen LogP contribution in [0.2, 0.25) is 5.02 Å². The van der Waals surface area contributed by atoms with Crippen molar-refractivity contribution >= 4 is 17.6 Å². The van der Waals surface area contributed by atoms with E-state index in [0.717, 1.165) is 43.1 Å². The number of fused-ring (bicyclic) bond motifs is 1. The highest BCUT2D eigenvalue weighted by Crippen LogP contribution is 2.37. The molecule has 0 fully saturated rings.